The van der Waals surface area contributed by atoms with Crippen LogP contribution in [0, 0.1) is 0 Å². The average Bonchev–Trinajstić information content (AvgIpc) is 2.84. The van der Waals surface area contributed by atoms with E-state index in [4.69, 9.17) is 0 Å². The molecule has 0 aliphatic carbocycles. The number of hydrogen-bond acceptors (Lipinski definition) is 3. The minimum Gasteiger partial charge on any atom is -0.463 e. The van der Waals surface area contributed by atoms with Gasteiger partial charge >= 0.3 is 12.4 Å². The first-order valence-electron chi connectivity index (χ1n) is 6.36. The predicted molar refractivity (Wildman–Crippen MR) is 66.7 cm³/mol. The summed E-state index contributed by atoms with van der Waals surface area (Å²) in [5.74, 6) is -0.417. The Kier molecular flexibility index (Phi) is 4.53. The van der Waals surface area contributed by atoms with Crippen LogP contribution < -0.4 is 4.74 Å². The zero-order valence-electron chi connectivity index (χ0n) is 11.7. The van der Waals surface area contributed by atoms with Gasteiger partial charge < -0.3 is 4.74 Å². The molecule has 1 aromatic heterocycles. The number of alkyl halides is 6. The summed E-state index contributed by atoms with van der Waals surface area (Å²) in [6, 6.07) is 4.83. The van der Waals surface area contributed by atoms with E-state index in [9.17, 15) is 26.3 Å². The predicted octanol–water partition coefficient (Wildman–Crippen LogP) is 3.67. The van der Waals surface area contributed by atoms with Crippen molar-refractivity contribution in [3.8, 4) is 5.88 Å². The van der Waals surface area contributed by atoms with Gasteiger partial charge in [0.15, 0.2) is 6.10 Å². The quantitative estimate of drug-likeness (QED) is 0.798. The van der Waals surface area contributed by atoms with Gasteiger partial charge in [-0.05, 0) is 18.6 Å². The standard InChI is InChI=1S/C13H11F6N3O/c1-8(12(14,15)16)23-11-7-22(21-20-11)6-9-4-2-3-5-10(9)13(17,18)19/h2-5,7-8H,6H2,1H3/t8-/m0/s1. The molecule has 10 heteroatoms. The smallest absolute Gasteiger partial charge is 0.425 e. The molecule has 0 spiro atoms. The van der Waals surface area contributed by atoms with Crippen LogP contribution in [0.4, 0.5) is 26.3 Å². The van der Waals surface area contributed by atoms with Crippen molar-refractivity contribution in [1.82, 2.24) is 15.0 Å². The molecule has 4 nitrogen and oxygen atoms in total. The van der Waals surface area contributed by atoms with Crippen molar-refractivity contribution in [2.45, 2.75) is 31.9 Å². The zero-order chi connectivity index (χ0) is 17.3. The van der Waals surface area contributed by atoms with E-state index in [1.807, 2.05) is 0 Å². The molecular formula is C13H11F6N3O. The van der Waals surface area contributed by atoms with Crippen molar-refractivity contribution in [1.29, 1.82) is 0 Å². The summed E-state index contributed by atoms with van der Waals surface area (Å²) in [7, 11) is 0. The van der Waals surface area contributed by atoms with Crippen molar-refractivity contribution in [2.24, 2.45) is 0 Å². The topological polar surface area (TPSA) is 39.9 Å². The van der Waals surface area contributed by atoms with Gasteiger partial charge in [0.25, 0.3) is 5.88 Å². The Hall–Kier alpha value is -2.26. The van der Waals surface area contributed by atoms with Crippen LogP contribution in [0.25, 0.3) is 0 Å². The van der Waals surface area contributed by atoms with Crippen molar-refractivity contribution in [3.05, 3.63) is 41.6 Å². The molecule has 0 aliphatic rings. The lowest BCUT2D eigenvalue weighted by atomic mass is 10.1. The van der Waals surface area contributed by atoms with Gasteiger partial charge in [-0.1, -0.05) is 28.5 Å². The number of benzene rings is 1. The highest BCUT2D eigenvalue weighted by Gasteiger charge is 2.38. The van der Waals surface area contributed by atoms with Crippen LogP contribution in [0.2, 0.25) is 0 Å². The molecule has 0 aliphatic heterocycles. The van der Waals surface area contributed by atoms with Crippen LogP contribution in [0.3, 0.4) is 0 Å². The Morgan fingerprint density at radius 2 is 1.78 bits per heavy atom. The number of halogens is 6. The van der Waals surface area contributed by atoms with Crippen LogP contribution in [0.1, 0.15) is 18.1 Å². The fourth-order valence-corrected chi connectivity index (χ4v) is 1.77. The normalized spacial score (nSPS) is 13.9. The largest absolute Gasteiger partial charge is 0.463 e. The van der Waals surface area contributed by atoms with Crippen LogP contribution >= 0.6 is 0 Å². The lowest BCUT2D eigenvalue weighted by molar-refractivity contribution is -0.190. The molecule has 0 N–H and O–H groups in total. The maximum atomic E-state index is 12.9. The van der Waals surface area contributed by atoms with E-state index in [1.54, 1.807) is 0 Å². The van der Waals surface area contributed by atoms with E-state index in [-0.39, 0.29) is 12.1 Å². The SMILES string of the molecule is C[C@H](Oc1cn(Cc2ccccc2C(F)(F)F)nn1)C(F)(F)F. The summed E-state index contributed by atoms with van der Waals surface area (Å²) >= 11 is 0. The van der Waals surface area contributed by atoms with E-state index < -0.39 is 29.9 Å². The number of aromatic nitrogens is 3. The molecule has 2 aromatic rings. The van der Waals surface area contributed by atoms with E-state index in [0.29, 0.717) is 0 Å². The third kappa shape index (κ3) is 4.36. The molecule has 0 radical (unpaired) electrons. The molecule has 0 amide bonds. The summed E-state index contributed by atoms with van der Waals surface area (Å²) in [6.07, 6.45) is -10.2. The van der Waals surface area contributed by atoms with Crippen molar-refractivity contribution in [3.63, 3.8) is 0 Å². The third-order valence-electron chi connectivity index (χ3n) is 2.93. The first-order valence-corrected chi connectivity index (χ1v) is 6.36. The third-order valence-corrected chi connectivity index (χ3v) is 2.93. The Morgan fingerprint density at radius 1 is 1.13 bits per heavy atom. The minimum absolute atomic E-state index is 0.0830. The Balaban J connectivity index is 2.15. The van der Waals surface area contributed by atoms with Gasteiger partial charge in [0.2, 0.25) is 0 Å². The highest BCUT2D eigenvalue weighted by molar-refractivity contribution is 5.29. The minimum atomic E-state index is -4.58. The molecule has 0 fully saturated rings. The Morgan fingerprint density at radius 3 is 2.39 bits per heavy atom. The molecule has 23 heavy (non-hydrogen) atoms. The maximum Gasteiger partial charge on any atom is 0.425 e. The summed E-state index contributed by atoms with van der Waals surface area (Å²) in [6.45, 7) is 0.490. The molecule has 1 aromatic carbocycles. The van der Waals surface area contributed by atoms with Crippen LogP contribution in [-0.4, -0.2) is 27.3 Å². The number of nitrogens with zero attached hydrogens (tertiary/aromatic N) is 3. The molecule has 2 rings (SSSR count). The van der Waals surface area contributed by atoms with Crippen molar-refractivity contribution >= 4 is 0 Å². The van der Waals surface area contributed by atoms with Crippen LogP contribution in [-0.2, 0) is 12.7 Å². The number of hydrogen-bond donors (Lipinski definition) is 0. The van der Waals surface area contributed by atoms with E-state index >= 15 is 0 Å². The number of rotatable bonds is 4. The lowest BCUT2D eigenvalue weighted by Gasteiger charge is -2.15. The van der Waals surface area contributed by atoms with Gasteiger partial charge in [-0.25, -0.2) is 4.68 Å². The fraction of sp³-hybridized carbons (Fsp3) is 0.385. The summed E-state index contributed by atoms with van der Waals surface area (Å²) < 4.78 is 81.2. The number of ether oxygens (including phenoxy) is 1. The van der Waals surface area contributed by atoms with Crippen LogP contribution in [0.5, 0.6) is 5.88 Å². The summed E-state index contributed by atoms with van der Waals surface area (Å²) in [4.78, 5) is 0. The van der Waals surface area contributed by atoms with Crippen molar-refractivity contribution < 1.29 is 31.1 Å². The molecule has 0 saturated heterocycles. The summed E-state index contributed by atoms with van der Waals surface area (Å²) in [5.41, 5.74) is -0.929. The molecule has 1 heterocycles. The molecular weight excluding hydrogens is 328 g/mol. The van der Waals surface area contributed by atoms with Crippen molar-refractivity contribution in [2.75, 3.05) is 0 Å². The Labute approximate surface area is 126 Å². The maximum absolute atomic E-state index is 12.9. The van der Waals surface area contributed by atoms with E-state index in [1.165, 1.54) is 18.2 Å². The second-order valence-electron chi connectivity index (χ2n) is 4.71. The lowest BCUT2D eigenvalue weighted by Crippen LogP contribution is -2.31. The molecule has 1 atom stereocenters. The highest BCUT2D eigenvalue weighted by atomic mass is 19.4. The summed E-state index contributed by atoms with van der Waals surface area (Å²) in [5, 5.41) is 6.84. The van der Waals surface area contributed by atoms with Gasteiger partial charge in [-0.3, -0.25) is 0 Å². The molecule has 0 saturated carbocycles. The van der Waals surface area contributed by atoms with E-state index in [0.717, 1.165) is 23.9 Å². The van der Waals surface area contributed by atoms with Gasteiger partial charge in [0, 0.05) is 0 Å². The average molecular weight is 339 g/mol. The monoisotopic (exact) mass is 339 g/mol. The van der Waals surface area contributed by atoms with Gasteiger partial charge in [0.1, 0.15) is 0 Å². The van der Waals surface area contributed by atoms with Gasteiger partial charge in [-0.15, -0.1) is 0 Å². The van der Waals surface area contributed by atoms with Crippen LogP contribution in [0.15, 0.2) is 30.5 Å². The molecule has 126 valence electrons. The fourth-order valence-electron chi connectivity index (χ4n) is 1.77. The van der Waals surface area contributed by atoms with E-state index in [2.05, 4.69) is 15.0 Å². The second kappa shape index (κ2) is 6.09. The first kappa shape index (κ1) is 17.1. The van der Waals surface area contributed by atoms with Gasteiger partial charge in [-0.2, -0.15) is 26.3 Å². The molecule has 0 unspecified atom stereocenters. The highest BCUT2D eigenvalue weighted by Crippen LogP contribution is 2.32. The molecule has 0 bridgehead atoms. The Bertz CT molecular complexity index is 664. The first-order chi connectivity index (χ1) is 10.6. The van der Waals surface area contributed by atoms with Gasteiger partial charge in [0.05, 0.1) is 18.3 Å². The zero-order valence-corrected chi connectivity index (χ0v) is 11.7. The second-order valence-corrected chi connectivity index (χ2v) is 4.71.